The van der Waals surface area contributed by atoms with Crippen LogP contribution < -0.4 is 19.7 Å². The van der Waals surface area contributed by atoms with Crippen LogP contribution in [-0.4, -0.2) is 31.1 Å². The summed E-state index contributed by atoms with van der Waals surface area (Å²) < 4.78 is 24.4. The highest BCUT2D eigenvalue weighted by Crippen LogP contribution is 2.38. The quantitative estimate of drug-likeness (QED) is 0.527. The van der Waals surface area contributed by atoms with E-state index < -0.39 is 23.7 Å². The van der Waals surface area contributed by atoms with Crippen LogP contribution in [0.25, 0.3) is 6.08 Å². The fourth-order valence-corrected chi connectivity index (χ4v) is 3.13. The van der Waals surface area contributed by atoms with Crippen molar-refractivity contribution < 1.29 is 28.2 Å². The first-order valence-electron chi connectivity index (χ1n) is 9.46. The van der Waals surface area contributed by atoms with Crippen LogP contribution in [0.3, 0.4) is 0 Å². The van der Waals surface area contributed by atoms with Crippen LogP contribution in [0.5, 0.6) is 11.5 Å². The number of ether oxygens (including phenoxy) is 2. The van der Waals surface area contributed by atoms with E-state index in [9.17, 15) is 18.8 Å². The molecule has 0 unspecified atom stereocenters. The Balaban J connectivity index is 2.00. The second kappa shape index (κ2) is 9.18. The number of methoxy groups -OCH3 is 1. The Morgan fingerprint density at radius 1 is 1.19 bits per heavy atom. The molecule has 2 aromatic carbocycles. The molecule has 0 radical (unpaired) electrons. The molecule has 0 bridgehead atoms. The van der Waals surface area contributed by atoms with Gasteiger partial charge in [-0.05, 0) is 61.4 Å². The summed E-state index contributed by atoms with van der Waals surface area (Å²) in [5.74, 6) is -1.56. The highest BCUT2D eigenvalue weighted by Gasteiger charge is 2.36. The Labute approximate surface area is 183 Å². The summed E-state index contributed by atoms with van der Waals surface area (Å²) in [6, 6.07) is 6.91. The van der Waals surface area contributed by atoms with Crippen LogP contribution in [-0.2, 0) is 9.59 Å². The van der Waals surface area contributed by atoms with Crippen molar-refractivity contribution in [1.29, 1.82) is 0 Å². The van der Waals surface area contributed by atoms with Crippen LogP contribution in [0.4, 0.5) is 14.9 Å². The number of nitrogens with zero attached hydrogens (tertiary/aromatic N) is 1. The molecule has 0 saturated carbocycles. The molecule has 0 aliphatic carbocycles. The Hall–Kier alpha value is -3.39. The summed E-state index contributed by atoms with van der Waals surface area (Å²) in [6.07, 6.45) is 1.95. The molecule has 3 rings (SSSR count). The van der Waals surface area contributed by atoms with E-state index in [1.54, 1.807) is 6.07 Å². The molecule has 7 nitrogen and oxygen atoms in total. The van der Waals surface area contributed by atoms with E-state index in [-0.39, 0.29) is 22.4 Å². The van der Waals surface area contributed by atoms with Crippen molar-refractivity contribution in [1.82, 2.24) is 5.32 Å². The summed E-state index contributed by atoms with van der Waals surface area (Å²) in [7, 11) is 1.44. The summed E-state index contributed by atoms with van der Waals surface area (Å²) in [5.41, 5.74) is 0.220. The highest BCUT2D eigenvalue weighted by molar-refractivity contribution is 6.39. The number of hydrogen-bond acceptors (Lipinski definition) is 5. The number of carbonyl (C=O) groups excluding carboxylic acids is 3. The predicted octanol–water partition coefficient (Wildman–Crippen LogP) is 4.33. The van der Waals surface area contributed by atoms with Crippen molar-refractivity contribution >= 4 is 41.2 Å². The number of benzene rings is 2. The first kappa shape index (κ1) is 22.3. The van der Waals surface area contributed by atoms with E-state index in [1.807, 2.05) is 13.8 Å². The van der Waals surface area contributed by atoms with Gasteiger partial charge in [0.15, 0.2) is 11.5 Å². The lowest BCUT2D eigenvalue weighted by Crippen LogP contribution is -2.54. The molecule has 9 heteroatoms. The van der Waals surface area contributed by atoms with Gasteiger partial charge in [0.2, 0.25) is 0 Å². The average Bonchev–Trinajstić information content (AvgIpc) is 2.73. The average molecular weight is 447 g/mol. The monoisotopic (exact) mass is 446 g/mol. The van der Waals surface area contributed by atoms with E-state index in [1.165, 1.54) is 31.4 Å². The smallest absolute Gasteiger partial charge is 0.335 e. The van der Waals surface area contributed by atoms with Crippen molar-refractivity contribution in [2.45, 2.75) is 26.4 Å². The minimum absolute atomic E-state index is 0.100. The lowest BCUT2D eigenvalue weighted by atomic mass is 10.1. The fourth-order valence-electron chi connectivity index (χ4n) is 2.87. The van der Waals surface area contributed by atoms with Gasteiger partial charge < -0.3 is 9.47 Å². The van der Waals surface area contributed by atoms with Crippen LogP contribution >= 0.6 is 11.6 Å². The molecule has 1 fully saturated rings. The first-order valence-corrected chi connectivity index (χ1v) is 9.84. The number of anilines is 1. The molecule has 2 aromatic rings. The predicted molar refractivity (Wildman–Crippen MR) is 114 cm³/mol. The SMILES string of the molecule is CC[C@@H](C)Oc1c(Cl)cc(/C=C2\C(=O)NC(=O)N(c3ccc(F)cc3)C2=O)cc1OC. The summed E-state index contributed by atoms with van der Waals surface area (Å²) >= 11 is 6.35. The van der Waals surface area contributed by atoms with Gasteiger partial charge in [-0.2, -0.15) is 0 Å². The lowest BCUT2D eigenvalue weighted by Gasteiger charge is -2.26. The number of rotatable bonds is 6. The molecule has 1 heterocycles. The summed E-state index contributed by atoms with van der Waals surface area (Å²) in [4.78, 5) is 38.2. The fraction of sp³-hybridized carbons (Fsp3) is 0.227. The number of amides is 4. The molecule has 31 heavy (non-hydrogen) atoms. The molecule has 0 spiro atoms. The van der Waals surface area contributed by atoms with Gasteiger partial charge in [-0.3, -0.25) is 14.9 Å². The van der Waals surface area contributed by atoms with E-state index in [4.69, 9.17) is 21.1 Å². The van der Waals surface area contributed by atoms with E-state index in [2.05, 4.69) is 5.32 Å². The van der Waals surface area contributed by atoms with Gasteiger partial charge in [-0.25, -0.2) is 14.1 Å². The maximum atomic E-state index is 13.2. The lowest BCUT2D eigenvalue weighted by molar-refractivity contribution is -0.122. The van der Waals surface area contributed by atoms with Gasteiger partial charge in [0.05, 0.1) is 23.9 Å². The zero-order valence-corrected chi connectivity index (χ0v) is 17.8. The number of halogens is 2. The van der Waals surface area contributed by atoms with Crippen molar-refractivity contribution in [2.24, 2.45) is 0 Å². The second-order valence-corrected chi connectivity index (χ2v) is 7.21. The zero-order valence-electron chi connectivity index (χ0n) is 17.1. The Morgan fingerprint density at radius 3 is 2.48 bits per heavy atom. The topological polar surface area (TPSA) is 84.9 Å². The molecule has 4 amide bonds. The Morgan fingerprint density at radius 2 is 1.87 bits per heavy atom. The number of nitrogens with one attached hydrogen (secondary N) is 1. The molecule has 0 aromatic heterocycles. The maximum Gasteiger partial charge on any atom is 0.335 e. The molecule has 1 atom stereocenters. The van der Waals surface area contributed by atoms with E-state index >= 15 is 0 Å². The van der Waals surface area contributed by atoms with Crippen molar-refractivity contribution in [2.75, 3.05) is 12.0 Å². The third-order valence-corrected chi connectivity index (χ3v) is 4.92. The number of barbiturate groups is 1. The largest absolute Gasteiger partial charge is 0.493 e. The maximum absolute atomic E-state index is 13.2. The van der Waals surface area contributed by atoms with Gasteiger partial charge >= 0.3 is 6.03 Å². The minimum atomic E-state index is -0.924. The number of hydrogen-bond donors (Lipinski definition) is 1. The number of imide groups is 2. The molecule has 1 N–H and O–H groups in total. The highest BCUT2D eigenvalue weighted by atomic mass is 35.5. The van der Waals surface area contributed by atoms with E-state index in [0.29, 0.717) is 17.1 Å². The minimum Gasteiger partial charge on any atom is -0.493 e. The Kier molecular flexibility index (Phi) is 6.60. The van der Waals surface area contributed by atoms with Crippen molar-refractivity contribution in [3.05, 3.63) is 58.4 Å². The number of carbonyl (C=O) groups is 3. The van der Waals surface area contributed by atoms with Gasteiger partial charge in [0, 0.05) is 0 Å². The second-order valence-electron chi connectivity index (χ2n) is 6.81. The summed E-state index contributed by atoms with van der Waals surface area (Å²) in [5, 5.41) is 2.35. The molecule has 162 valence electrons. The molecular weight excluding hydrogens is 427 g/mol. The first-order chi connectivity index (χ1) is 14.7. The van der Waals surface area contributed by atoms with Gasteiger partial charge in [0.25, 0.3) is 11.8 Å². The van der Waals surface area contributed by atoms with E-state index in [0.717, 1.165) is 23.5 Å². The molecule has 1 saturated heterocycles. The third-order valence-electron chi connectivity index (χ3n) is 4.64. The number of urea groups is 1. The van der Waals surface area contributed by atoms with Crippen LogP contribution in [0.15, 0.2) is 42.0 Å². The summed E-state index contributed by atoms with van der Waals surface area (Å²) in [6.45, 7) is 3.85. The molecule has 1 aliphatic rings. The normalized spacial score (nSPS) is 16.4. The third kappa shape index (κ3) is 4.69. The Bertz CT molecular complexity index is 1070. The van der Waals surface area contributed by atoms with Crippen LogP contribution in [0.1, 0.15) is 25.8 Å². The zero-order chi connectivity index (χ0) is 22.7. The van der Waals surface area contributed by atoms with Gasteiger partial charge in [-0.15, -0.1) is 0 Å². The molecular formula is C22H20ClFN2O5. The standard InChI is InChI=1S/C22H20ClFN2O5/c1-4-12(2)31-19-17(23)10-13(11-18(19)30-3)9-16-20(27)25-22(29)26(21(16)28)15-7-5-14(24)6-8-15/h5-12H,4H2,1-3H3,(H,25,27,29)/b16-9+/t12-/m1/s1. The van der Waals surface area contributed by atoms with Crippen molar-refractivity contribution in [3.63, 3.8) is 0 Å². The van der Waals surface area contributed by atoms with Gasteiger partial charge in [0.1, 0.15) is 11.4 Å². The van der Waals surface area contributed by atoms with Crippen LogP contribution in [0.2, 0.25) is 5.02 Å². The van der Waals surface area contributed by atoms with Gasteiger partial charge in [-0.1, -0.05) is 18.5 Å². The molecule has 1 aliphatic heterocycles. The van der Waals surface area contributed by atoms with Crippen molar-refractivity contribution in [3.8, 4) is 11.5 Å². The van der Waals surface area contributed by atoms with Crippen LogP contribution in [0, 0.1) is 5.82 Å².